The number of nitrogens with zero attached hydrogens (tertiary/aromatic N) is 4. The van der Waals surface area contributed by atoms with Gasteiger partial charge in [0, 0.05) is 17.6 Å². The molecule has 0 saturated carbocycles. The Kier molecular flexibility index (Phi) is 2.88. The summed E-state index contributed by atoms with van der Waals surface area (Å²) in [6.07, 6.45) is 1.26. The molecule has 1 saturated heterocycles. The number of likely N-dealkylation sites (tertiary alicyclic amines) is 1. The van der Waals surface area contributed by atoms with Crippen LogP contribution in [0.1, 0.15) is 6.42 Å². The fourth-order valence-corrected chi connectivity index (χ4v) is 2.85. The maximum absolute atomic E-state index is 4.25. The first-order chi connectivity index (χ1) is 8.22. The summed E-state index contributed by atoms with van der Waals surface area (Å²) in [4.78, 5) is 2.38. The fourth-order valence-electron chi connectivity index (χ4n) is 2.50. The van der Waals surface area contributed by atoms with Gasteiger partial charge in [0.15, 0.2) is 0 Å². The van der Waals surface area contributed by atoms with Crippen LogP contribution < -0.4 is 0 Å². The average molecular weight is 295 g/mol. The van der Waals surface area contributed by atoms with E-state index in [0.29, 0.717) is 5.92 Å². The number of rotatable bonds is 2. The van der Waals surface area contributed by atoms with E-state index in [9.17, 15) is 0 Å². The van der Waals surface area contributed by atoms with Crippen LogP contribution in [0, 0.1) is 5.92 Å². The highest BCUT2D eigenvalue weighted by Gasteiger charge is 2.20. The average Bonchev–Trinajstić information content (AvgIpc) is 2.86. The number of hydrogen-bond donors (Lipinski definition) is 0. The zero-order chi connectivity index (χ0) is 11.8. The molecule has 0 radical (unpaired) electrons. The predicted molar refractivity (Wildman–Crippen MR) is 70.8 cm³/mol. The zero-order valence-electron chi connectivity index (χ0n) is 9.80. The van der Waals surface area contributed by atoms with Crippen molar-refractivity contribution in [3.63, 3.8) is 0 Å². The van der Waals surface area contributed by atoms with Crippen LogP contribution in [0.4, 0.5) is 0 Å². The first-order valence-electron chi connectivity index (χ1n) is 5.89. The molecular weight excluding hydrogens is 280 g/mol. The Balaban J connectivity index is 1.85. The molecule has 1 unspecified atom stereocenters. The molecule has 2 heterocycles. The van der Waals surface area contributed by atoms with Gasteiger partial charge in [-0.2, -0.15) is 0 Å². The van der Waals surface area contributed by atoms with Crippen LogP contribution in [0.2, 0.25) is 0 Å². The molecule has 0 aliphatic carbocycles. The Morgan fingerprint density at radius 2 is 2.35 bits per heavy atom. The molecule has 4 nitrogen and oxygen atoms in total. The molecule has 1 aromatic heterocycles. The van der Waals surface area contributed by atoms with E-state index < -0.39 is 0 Å². The summed E-state index contributed by atoms with van der Waals surface area (Å²) in [6.45, 7) is 3.34. The molecule has 1 aliphatic heterocycles. The summed E-state index contributed by atoms with van der Waals surface area (Å²) in [5.74, 6) is 0.702. The summed E-state index contributed by atoms with van der Waals surface area (Å²) in [5, 5.41) is 8.46. The molecule has 0 spiro atoms. The molecule has 0 amide bonds. The maximum Gasteiger partial charge on any atom is 0.114 e. The highest BCUT2D eigenvalue weighted by molar-refractivity contribution is 9.10. The largest absolute Gasteiger partial charge is 0.306 e. The van der Waals surface area contributed by atoms with E-state index in [1.165, 1.54) is 13.0 Å². The van der Waals surface area contributed by atoms with E-state index in [4.69, 9.17) is 0 Å². The van der Waals surface area contributed by atoms with E-state index in [-0.39, 0.29) is 0 Å². The fraction of sp³-hybridized carbons (Fsp3) is 0.500. The van der Waals surface area contributed by atoms with Crippen LogP contribution >= 0.6 is 15.9 Å². The molecule has 1 atom stereocenters. The molecule has 0 N–H and O–H groups in total. The van der Waals surface area contributed by atoms with Crippen molar-refractivity contribution in [2.75, 3.05) is 20.1 Å². The third-order valence-corrected chi connectivity index (χ3v) is 3.89. The van der Waals surface area contributed by atoms with Crippen molar-refractivity contribution in [1.29, 1.82) is 0 Å². The third-order valence-electron chi connectivity index (χ3n) is 3.40. The van der Waals surface area contributed by atoms with Crippen LogP contribution in [-0.4, -0.2) is 40.0 Å². The van der Waals surface area contributed by atoms with Crippen molar-refractivity contribution in [2.24, 2.45) is 5.92 Å². The Bertz CT molecular complexity index is 536. The van der Waals surface area contributed by atoms with Gasteiger partial charge in [-0.15, -0.1) is 5.10 Å². The predicted octanol–water partition coefficient (Wildman–Crippen LogP) is 2.15. The summed E-state index contributed by atoms with van der Waals surface area (Å²) in [5.41, 5.74) is 2.09. The van der Waals surface area contributed by atoms with Gasteiger partial charge < -0.3 is 4.90 Å². The number of fused-ring (bicyclic) bond motifs is 1. The molecule has 17 heavy (non-hydrogen) atoms. The first kappa shape index (κ1) is 11.2. The lowest BCUT2D eigenvalue weighted by molar-refractivity contribution is 0.370. The smallest absolute Gasteiger partial charge is 0.114 e. The normalized spacial score (nSPS) is 21.4. The molecule has 5 heteroatoms. The van der Waals surface area contributed by atoms with E-state index in [2.05, 4.69) is 44.3 Å². The lowest BCUT2D eigenvalue weighted by Gasteiger charge is -2.10. The van der Waals surface area contributed by atoms with Gasteiger partial charge in [0.05, 0.1) is 5.52 Å². The maximum atomic E-state index is 4.25. The van der Waals surface area contributed by atoms with E-state index in [0.717, 1.165) is 28.6 Å². The second kappa shape index (κ2) is 4.38. The van der Waals surface area contributed by atoms with E-state index in [1.54, 1.807) is 0 Å². The minimum absolute atomic E-state index is 0.702. The van der Waals surface area contributed by atoms with Gasteiger partial charge in [-0.3, -0.25) is 0 Å². The van der Waals surface area contributed by atoms with Crippen LogP contribution in [0.25, 0.3) is 11.0 Å². The van der Waals surface area contributed by atoms with Crippen LogP contribution in [0.5, 0.6) is 0 Å². The monoisotopic (exact) mass is 294 g/mol. The summed E-state index contributed by atoms with van der Waals surface area (Å²) in [6, 6.07) is 6.14. The summed E-state index contributed by atoms with van der Waals surface area (Å²) in [7, 11) is 2.18. The number of halogens is 1. The highest BCUT2D eigenvalue weighted by Crippen LogP contribution is 2.21. The molecule has 90 valence electrons. The van der Waals surface area contributed by atoms with Crippen molar-refractivity contribution in [1.82, 2.24) is 19.9 Å². The van der Waals surface area contributed by atoms with Crippen molar-refractivity contribution in [3.05, 3.63) is 22.7 Å². The third kappa shape index (κ3) is 2.21. The van der Waals surface area contributed by atoms with Gasteiger partial charge in [-0.05, 0) is 44.1 Å². The second-order valence-corrected chi connectivity index (χ2v) is 5.74. The van der Waals surface area contributed by atoms with Crippen LogP contribution in [0.3, 0.4) is 0 Å². The highest BCUT2D eigenvalue weighted by atomic mass is 79.9. The lowest BCUT2D eigenvalue weighted by atomic mass is 10.1. The van der Waals surface area contributed by atoms with Crippen molar-refractivity contribution in [2.45, 2.75) is 13.0 Å². The number of benzene rings is 1. The van der Waals surface area contributed by atoms with Gasteiger partial charge in [0.25, 0.3) is 0 Å². The topological polar surface area (TPSA) is 34.0 Å². The van der Waals surface area contributed by atoms with Gasteiger partial charge in [-0.25, -0.2) is 4.68 Å². The lowest BCUT2D eigenvalue weighted by Crippen LogP contribution is -2.17. The molecule has 1 aromatic carbocycles. The Labute approximate surface area is 109 Å². The minimum atomic E-state index is 0.702. The van der Waals surface area contributed by atoms with Gasteiger partial charge in [-0.1, -0.05) is 21.1 Å². The number of aromatic nitrogens is 3. The molecule has 3 rings (SSSR count). The quantitative estimate of drug-likeness (QED) is 0.851. The molecule has 1 fully saturated rings. The van der Waals surface area contributed by atoms with Crippen molar-refractivity contribution >= 4 is 27.0 Å². The van der Waals surface area contributed by atoms with Crippen molar-refractivity contribution < 1.29 is 0 Å². The van der Waals surface area contributed by atoms with Gasteiger partial charge in [0.2, 0.25) is 0 Å². The van der Waals surface area contributed by atoms with Gasteiger partial charge in [0.1, 0.15) is 5.52 Å². The van der Waals surface area contributed by atoms with E-state index in [1.807, 2.05) is 16.8 Å². The van der Waals surface area contributed by atoms with E-state index >= 15 is 0 Å². The summed E-state index contributed by atoms with van der Waals surface area (Å²) >= 11 is 3.45. The second-order valence-electron chi connectivity index (χ2n) is 4.82. The molecular formula is C12H15BrN4. The molecule has 1 aliphatic rings. The zero-order valence-corrected chi connectivity index (χ0v) is 11.4. The Hall–Kier alpha value is -0.940. The standard InChI is InChI=1S/C12H15BrN4/c1-16-5-4-9(7-16)8-17-12-3-2-10(13)6-11(12)14-15-17/h2-3,6,9H,4-5,7-8H2,1H3. The molecule has 2 aromatic rings. The Morgan fingerprint density at radius 1 is 1.47 bits per heavy atom. The van der Waals surface area contributed by atoms with Crippen LogP contribution in [-0.2, 0) is 6.54 Å². The number of hydrogen-bond acceptors (Lipinski definition) is 3. The van der Waals surface area contributed by atoms with Gasteiger partial charge >= 0.3 is 0 Å². The van der Waals surface area contributed by atoms with Crippen LogP contribution in [0.15, 0.2) is 22.7 Å². The first-order valence-corrected chi connectivity index (χ1v) is 6.69. The molecule has 0 bridgehead atoms. The van der Waals surface area contributed by atoms with Crippen molar-refractivity contribution in [3.8, 4) is 0 Å². The summed E-state index contributed by atoms with van der Waals surface area (Å²) < 4.78 is 3.09. The Morgan fingerprint density at radius 3 is 3.12 bits per heavy atom. The minimum Gasteiger partial charge on any atom is -0.306 e. The SMILES string of the molecule is CN1CCC(Cn2nnc3cc(Br)ccc32)C1.